The number of sulfonamides is 2. The normalized spacial score (nSPS) is 12.9. The summed E-state index contributed by atoms with van der Waals surface area (Å²) in [6.07, 6.45) is 0. The molecule has 0 aliphatic rings. The van der Waals surface area contributed by atoms with Gasteiger partial charge in [0.25, 0.3) is 10.0 Å². The van der Waals surface area contributed by atoms with Crippen LogP contribution in [0.15, 0.2) is 50.9 Å². The molecule has 1 aromatic carbocycles. The maximum Gasteiger partial charge on any atom is 0.252 e. The highest BCUT2D eigenvalue weighted by Crippen LogP contribution is 2.20. The Bertz CT molecular complexity index is 1060. The molecule has 0 radical (unpaired) electrons. The van der Waals surface area contributed by atoms with Crippen LogP contribution in [0.25, 0.3) is 0 Å². The SMILES string of the molecule is CN(CC(=O)NCc1ccccc1S(=O)(=O)NC(C)(C)C)S(=O)(=O)c1cccs1. The minimum absolute atomic E-state index is 0.0487. The first kappa shape index (κ1) is 23.5. The van der Waals surface area contributed by atoms with E-state index in [-0.39, 0.29) is 22.2 Å². The topological polar surface area (TPSA) is 113 Å². The van der Waals surface area contributed by atoms with Crippen LogP contribution in [0.1, 0.15) is 26.3 Å². The molecule has 2 N–H and O–H groups in total. The van der Waals surface area contributed by atoms with Crippen molar-refractivity contribution in [3.63, 3.8) is 0 Å². The Morgan fingerprint density at radius 3 is 2.31 bits per heavy atom. The number of thiophene rings is 1. The molecule has 0 spiro atoms. The fourth-order valence-electron chi connectivity index (χ4n) is 2.47. The van der Waals surface area contributed by atoms with E-state index >= 15 is 0 Å². The van der Waals surface area contributed by atoms with Gasteiger partial charge in [-0.05, 0) is 43.8 Å². The standard InChI is InChI=1S/C18H25N3O5S3/c1-18(2,3)20-28(23,24)15-9-6-5-8-14(15)12-19-16(22)13-21(4)29(25,26)17-10-7-11-27-17/h5-11,20H,12-13H2,1-4H3,(H,19,22). The second-order valence-corrected chi connectivity index (χ2v) is 12.3. The van der Waals surface area contributed by atoms with Crippen molar-refractivity contribution < 1.29 is 21.6 Å². The molecule has 11 heteroatoms. The minimum atomic E-state index is -3.78. The van der Waals surface area contributed by atoms with Gasteiger partial charge in [-0.25, -0.2) is 21.6 Å². The van der Waals surface area contributed by atoms with E-state index in [4.69, 9.17) is 0 Å². The van der Waals surface area contributed by atoms with E-state index in [1.54, 1.807) is 50.4 Å². The van der Waals surface area contributed by atoms with Gasteiger partial charge in [0, 0.05) is 19.1 Å². The lowest BCUT2D eigenvalue weighted by atomic mass is 10.1. The zero-order valence-electron chi connectivity index (χ0n) is 16.7. The second-order valence-electron chi connectivity index (χ2n) is 7.43. The molecule has 0 unspecified atom stereocenters. The molecule has 1 aromatic heterocycles. The van der Waals surface area contributed by atoms with Gasteiger partial charge in [-0.1, -0.05) is 24.3 Å². The van der Waals surface area contributed by atoms with Crippen molar-refractivity contribution in [2.24, 2.45) is 0 Å². The van der Waals surface area contributed by atoms with Gasteiger partial charge >= 0.3 is 0 Å². The molecule has 0 atom stereocenters. The summed E-state index contributed by atoms with van der Waals surface area (Å²) in [6, 6.07) is 9.42. The highest BCUT2D eigenvalue weighted by molar-refractivity contribution is 7.91. The van der Waals surface area contributed by atoms with Crippen LogP contribution < -0.4 is 10.0 Å². The maximum absolute atomic E-state index is 12.6. The molecule has 0 saturated carbocycles. The Hall–Kier alpha value is -1.79. The van der Waals surface area contributed by atoms with Crippen LogP contribution in [-0.4, -0.2) is 46.2 Å². The van der Waals surface area contributed by atoms with Gasteiger partial charge in [-0.15, -0.1) is 11.3 Å². The molecule has 1 heterocycles. The van der Waals surface area contributed by atoms with Crippen LogP contribution in [0.4, 0.5) is 0 Å². The number of carbonyl (C=O) groups excluding carboxylic acids is 1. The number of nitrogens with zero attached hydrogens (tertiary/aromatic N) is 1. The van der Waals surface area contributed by atoms with Crippen LogP contribution in [-0.2, 0) is 31.4 Å². The average molecular weight is 460 g/mol. The fraction of sp³-hybridized carbons (Fsp3) is 0.389. The molecule has 29 heavy (non-hydrogen) atoms. The third-order valence-corrected chi connectivity index (χ3v) is 8.74. The highest BCUT2D eigenvalue weighted by atomic mass is 32.2. The summed E-state index contributed by atoms with van der Waals surface area (Å²) >= 11 is 1.07. The van der Waals surface area contributed by atoms with Crippen molar-refractivity contribution in [3.8, 4) is 0 Å². The van der Waals surface area contributed by atoms with E-state index in [0.29, 0.717) is 5.56 Å². The molecular formula is C18H25N3O5S3. The van der Waals surface area contributed by atoms with E-state index in [1.165, 1.54) is 19.2 Å². The van der Waals surface area contributed by atoms with Crippen molar-refractivity contribution >= 4 is 37.3 Å². The van der Waals surface area contributed by atoms with Crippen molar-refractivity contribution in [1.82, 2.24) is 14.3 Å². The largest absolute Gasteiger partial charge is 0.351 e. The fourth-order valence-corrected chi connectivity index (χ4v) is 6.46. The Labute approximate surface area is 176 Å². The molecule has 2 rings (SSSR count). The van der Waals surface area contributed by atoms with Crippen LogP contribution in [0, 0.1) is 0 Å². The van der Waals surface area contributed by atoms with Gasteiger partial charge < -0.3 is 5.32 Å². The predicted molar refractivity (Wildman–Crippen MR) is 112 cm³/mol. The van der Waals surface area contributed by atoms with Crippen molar-refractivity contribution in [2.45, 2.75) is 42.0 Å². The van der Waals surface area contributed by atoms with Gasteiger partial charge in [-0.2, -0.15) is 4.31 Å². The molecule has 0 saturated heterocycles. The van der Waals surface area contributed by atoms with Crippen LogP contribution in [0.2, 0.25) is 0 Å². The Kier molecular flexibility index (Phi) is 7.23. The number of hydrogen-bond acceptors (Lipinski definition) is 6. The zero-order valence-corrected chi connectivity index (χ0v) is 19.1. The Balaban J connectivity index is 2.08. The molecule has 0 aliphatic heterocycles. The van der Waals surface area contributed by atoms with Gasteiger partial charge in [0.05, 0.1) is 11.4 Å². The third-order valence-electron chi connectivity index (χ3n) is 3.70. The summed E-state index contributed by atoms with van der Waals surface area (Å²) in [6.45, 7) is 4.78. The molecule has 1 amide bonds. The number of benzene rings is 1. The van der Waals surface area contributed by atoms with Gasteiger partial charge in [0.15, 0.2) is 0 Å². The van der Waals surface area contributed by atoms with Crippen molar-refractivity contribution in [2.75, 3.05) is 13.6 Å². The summed E-state index contributed by atoms with van der Waals surface area (Å²) in [4.78, 5) is 12.3. The molecular weight excluding hydrogens is 434 g/mol. The first-order valence-corrected chi connectivity index (χ1v) is 12.5. The summed E-state index contributed by atoms with van der Waals surface area (Å²) in [5.74, 6) is -0.538. The smallest absolute Gasteiger partial charge is 0.252 e. The Morgan fingerprint density at radius 2 is 1.72 bits per heavy atom. The molecule has 0 bridgehead atoms. The molecule has 2 aromatic rings. The number of amides is 1. The van der Waals surface area contributed by atoms with Crippen LogP contribution in [0.3, 0.4) is 0 Å². The summed E-state index contributed by atoms with van der Waals surface area (Å²) in [5.41, 5.74) is -0.255. The summed E-state index contributed by atoms with van der Waals surface area (Å²) in [7, 11) is -6.20. The molecule has 0 fully saturated rings. The highest BCUT2D eigenvalue weighted by Gasteiger charge is 2.26. The summed E-state index contributed by atoms with van der Waals surface area (Å²) in [5, 5.41) is 4.23. The predicted octanol–water partition coefficient (Wildman–Crippen LogP) is 1.76. The number of nitrogens with one attached hydrogen (secondary N) is 2. The van der Waals surface area contributed by atoms with Crippen LogP contribution in [0.5, 0.6) is 0 Å². The number of hydrogen-bond donors (Lipinski definition) is 2. The quantitative estimate of drug-likeness (QED) is 0.625. The van der Waals surface area contributed by atoms with E-state index < -0.39 is 31.5 Å². The lowest BCUT2D eigenvalue weighted by molar-refractivity contribution is -0.121. The van der Waals surface area contributed by atoms with E-state index in [9.17, 15) is 21.6 Å². The zero-order chi connectivity index (χ0) is 21.9. The van der Waals surface area contributed by atoms with Crippen molar-refractivity contribution in [1.29, 1.82) is 0 Å². The van der Waals surface area contributed by atoms with E-state index in [2.05, 4.69) is 10.0 Å². The van der Waals surface area contributed by atoms with Crippen molar-refractivity contribution in [3.05, 3.63) is 47.3 Å². The lowest BCUT2D eigenvalue weighted by Crippen LogP contribution is -2.41. The monoisotopic (exact) mass is 459 g/mol. The summed E-state index contributed by atoms with van der Waals surface area (Å²) < 4.78 is 53.8. The Morgan fingerprint density at radius 1 is 1.07 bits per heavy atom. The average Bonchev–Trinajstić information content (AvgIpc) is 3.13. The first-order chi connectivity index (χ1) is 13.3. The minimum Gasteiger partial charge on any atom is -0.351 e. The van der Waals surface area contributed by atoms with E-state index in [0.717, 1.165) is 15.6 Å². The van der Waals surface area contributed by atoms with Crippen LogP contribution >= 0.6 is 11.3 Å². The molecule has 160 valence electrons. The number of likely N-dealkylation sites (N-methyl/N-ethyl adjacent to an activating group) is 1. The lowest BCUT2D eigenvalue weighted by Gasteiger charge is -2.22. The molecule has 8 nitrogen and oxygen atoms in total. The second kappa shape index (κ2) is 8.92. The van der Waals surface area contributed by atoms with Gasteiger partial charge in [-0.3, -0.25) is 4.79 Å². The van der Waals surface area contributed by atoms with E-state index in [1.807, 2.05) is 0 Å². The first-order valence-electron chi connectivity index (χ1n) is 8.71. The maximum atomic E-state index is 12.6. The van der Waals surface area contributed by atoms with Gasteiger partial charge in [0.2, 0.25) is 15.9 Å². The molecule has 0 aliphatic carbocycles. The van der Waals surface area contributed by atoms with Gasteiger partial charge in [0.1, 0.15) is 4.21 Å². The number of rotatable bonds is 8. The third kappa shape index (κ3) is 6.34. The number of carbonyl (C=O) groups is 1.